The largest absolute Gasteiger partial charge is 0.493 e. The van der Waals surface area contributed by atoms with Crippen LogP contribution in [-0.4, -0.2) is 31.1 Å². The van der Waals surface area contributed by atoms with E-state index in [0.29, 0.717) is 0 Å². The maximum Gasteiger partial charge on any atom is 0.127 e. The summed E-state index contributed by atoms with van der Waals surface area (Å²) in [6.07, 6.45) is 7.89. The molecular weight excluding hydrogens is 294 g/mol. The van der Waals surface area contributed by atoms with Gasteiger partial charge in [0.05, 0.1) is 6.61 Å². The summed E-state index contributed by atoms with van der Waals surface area (Å²) in [4.78, 5) is 2.65. The van der Waals surface area contributed by atoms with Crippen LogP contribution in [0.3, 0.4) is 0 Å². The molecule has 0 amide bonds. The molecule has 0 N–H and O–H groups in total. The summed E-state index contributed by atoms with van der Waals surface area (Å²) in [5, 5.41) is 2.48. The lowest BCUT2D eigenvalue weighted by Crippen LogP contribution is -2.34. The third kappa shape index (κ3) is 4.98. The van der Waals surface area contributed by atoms with Crippen LogP contribution in [0.15, 0.2) is 42.5 Å². The third-order valence-electron chi connectivity index (χ3n) is 5.12. The minimum absolute atomic E-state index is 0.828. The van der Waals surface area contributed by atoms with E-state index in [2.05, 4.69) is 54.3 Å². The minimum atomic E-state index is 0.828. The Morgan fingerprint density at radius 2 is 1.83 bits per heavy atom. The van der Waals surface area contributed by atoms with Crippen LogP contribution in [-0.2, 0) is 0 Å². The number of fused-ring (bicyclic) bond motifs is 1. The van der Waals surface area contributed by atoms with E-state index in [9.17, 15) is 0 Å². The van der Waals surface area contributed by atoms with Crippen molar-refractivity contribution in [3.05, 3.63) is 42.5 Å². The minimum Gasteiger partial charge on any atom is -0.493 e. The van der Waals surface area contributed by atoms with Gasteiger partial charge in [-0.3, -0.25) is 0 Å². The highest BCUT2D eigenvalue weighted by atomic mass is 16.5. The van der Waals surface area contributed by atoms with Crippen LogP contribution >= 0.6 is 0 Å². The molecule has 1 aliphatic heterocycles. The maximum absolute atomic E-state index is 6.02. The molecule has 1 atom stereocenters. The van der Waals surface area contributed by atoms with Crippen molar-refractivity contribution in [2.24, 2.45) is 5.92 Å². The van der Waals surface area contributed by atoms with Crippen molar-refractivity contribution >= 4 is 10.8 Å². The van der Waals surface area contributed by atoms with E-state index < -0.39 is 0 Å². The summed E-state index contributed by atoms with van der Waals surface area (Å²) in [5.41, 5.74) is 0. The monoisotopic (exact) mass is 325 g/mol. The first-order valence-electron chi connectivity index (χ1n) is 9.66. The van der Waals surface area contributed by atoms with Gasteiger partial charge < -0.3 is 9.64 Å². The first kappa shape index (κ1) is 17.3. The molecule has 2 nitrogen and oxygen atoms in total. The topological polar surface area (TPSA) is 12.5 Å². The molecular formula is C22H31NO. The van der Waals surface area contributed by atoms with Crippen molar-refractivity contribution in [3.63, 3.8) is 0 Å². The number of benzene rings is 2. The number of hydrogen-bond donors (Lipinski definition) is 0. The Labute approximate surface area is 146 Å². The SMILES string of the molecule is CC1CCCN(CCCCCCOc2cccc3ccccc23)C1. The highest BCUT2D eigenvalue weighted by Crippen LogP contribution is 2.25. The number of hydrogen-bond acceptors (Lipinski definition) is 2. The van der Waals surface area contributed by atoms with Gasteiger partial charge in [0.25, 0.3) is 0 Å². The molecule has 1 saturated heterocycles. The highest BCUT2D eigenvalue weighted by molar-refractivity contribution is 5.88. The second-order valence-electron chi connectivity index (χ2n) is 7.29. The fraction of sp³-hybridized carbons (Fsp3) is 0.545. The number of nitrogens with zero attached hydrogens (tertiary/aromatic N) is 1. The van der Waals surface area contributed by atoms with Crippen molar-refractivity contribution in [1.29, 1.82) is 0 Å². The molecule has 2 heteroatoms. The zero-order valence-corrected chi connectivity index (χ0v) is 15.0. The van der Waals surface area contributed by atoms with Crippen LogP contribution in [0, 0.1) is 5.92 Å². The molecule has 1 heterocycles. The van der Waals surface area contributed by atoms with Crippen molar-refractivity contribution in [3.8, 4) is 5.75 Å². The van der Waals surface area contributed by atoms with Crippen LogP contribution in [0.5, 0.6) is 5.75 Å². The first-order valence-corrected chi connectivity index (χ1v) is 9.66. The van der Waals surface area contributed by atoms with E-state index in [4.69, 9.17) is 4.74 Å². The van der Waals surface area contributed by atoms with Crippen molar-refractivity contribution in [1.82, 2.24) is 4.90 Å². The average molecular weight is 325 g/mol. The van der Waals surface area contributed by atoms with Crippen LogP contribution in [0.2, 0.25) is 0 Å². The van der Waals surface area contributed by atoms with Crippen LogP contribution in [0.1, 0.15) is 45.4 Å². The molecule has 2 aromatic rings. The van der Waals surface area contributed by atoms with Crippen LogP contribution < -0.4 is 4.74 Å². The van der Waals surface area contributed by atoms with Gasteiger partial charge in [-0.15, -0.1) is 0 Å². The van der Waals surface area contributed by atoms with Gasteiger partial charge in [0.2, 0.25) is 0 Å². The lowest BCUT2D eigenvalue weighted by Gasteiger charge is -2.30. The van der Waals surface area contributed by atoms with Gasteiger partial charge in [0.1, 0.15) is 5.75 Å². The maximum atomic E-state index is 6.02. The van der Waals surface area contributed by atoms with E-state index in [-0.39, 0.29) is 0 Å². The Bertz CT molecular complexity index is 619. The van der Waals surface area contributed by atoms with Gasteiger partial charge in [-0.2, -0.15) is 0 Å². The van der Waals surface area contributed by atoms with E-state index in [1.807, 2.05) is 0 Å². The Morgan fingerprint density at radius 1 is 1.00 bits per heavy atom. The summed E-state index contributed by atoms with van der Waals surface area (Å²) in [6.45, 7) is 7.12. The quantitative estimate of drug-likeness (QED) is 0.593. The van der Waals surface area contributed by atoms with Gasteiger partial charge >= 0.3 is 0 Å². The molecule has 24 heavy (non-hydrogen) atoms. The average Bonchev–Trinajstić information content (AvgIpc) is 2.61. The number of likely N-dealkylation sites (tertiary alicyclic amines) is 1. The molecule has 0 saturated carbocycles. The van der Waals surface area contributed by atoms with Gasteiger partial charge in [-0.1, -0.05) is 56.2 Å². The molecule has 1 aliphatic rings. The molecule has 130 valence electrons. The van der Waals surface area contributed by atoms with Crippen LogP contribution in [0.4, 0.5) is 0 Å². The van der Waals surface area contributed by atoms with E-state index in [1.165, 1.54) is 62.5 Å². The Kier molecular flexibility index (Phi) is 6.54. The van der Waals surface area contributed by atoms with Crippen molar-refractivity contribution in [2.75, 3.05) is 26.2 Å². The predicted octanol–water partition coefficient (Wildman–Crippen LogP) is 5.51. The zero-order chi connectivity index (χ0) is 16.6. The molecule has 0 radical (unpaired) electrons. The summed E-state index contributed by atoms with van der Waals surface area (Å²) in [6, 6.07) is 14.8. The molecule has 3 rings (SSSR count). The summed E-state index contributed by atoms with van der Waals surface area (Å²) < 4.78 is 6.02. The normalized spacial score (nSPS) is 18.8. The summed E-state index contributed by atoms with van der Waals surface area (Å²) in [5.74, 6) is 1.92. The van der Waals surface area contributed by atoms with Gasteiger partial charge in [0, 0.05) is 11.9 Å². The fourth-order valence-corrected chi connectivity index (χ4v) is 3.78. The van der Waals surface area contributed by atoms with E-state index in [0.717, 1.165) is 24.7 Å². The Morgan fingerprint density at radius 3 is 2.75 bits per heavy atom. The molecule has 1 fully saturated rings. The molecule has 0 bridgehead atoms. The van der Waals surface area contributed by atoms with Gasteiger partial charge in [-0.25, -0.2) is 0 Å². The third-order valence-corrected chi connectivity index (χ3v) is 5.12. The van der Waals surface area contributed by atoms with E-state index in [1.54, 1.807) is 0 Å². The smallest absolute Gasteiger partial charge is 0.127 e. The van der Waals surface area contributed by atoms with Gasteiger partial charge in [-0.05, 0) is 56.1 Å². The van der Waals surface area contributed by atoms with Crippen molar-refractivity contribution in [2.45, 2.75) is 45.4 Å². The Hall–Kier alpha value is -1.54. The van der Waals surface area contributed by atoms with Crippen LogP contribution in [0.25, 0.3) is 10.8 Å². The molecule has 2 aromatic carbocycles. The number of piperidine rings is 1. The number of ether oxygens (including phenoxy) is 1. The fourth-order valence-electron chi connectivity index (χ4n) is 3.78. The summed E-state index contributed by atoms with van der Waals surface area (Å²) >= 11 is 0. The second kappa shape index (κ2) is 9.08. The Balaban J connectivity index is 1.31. The van der Waals surface area contributed by atoms with Crippen molar-refractivity contribution < 1.29 is 4.74 Å². The lowest BCUT2D eigenvalue weighted by molar-refractivity contribution is 0.180. The second-order valence-corrected chi connectivity index (χ2v) is 7.29. The zero-order valence-electron chi connectivity index (χ0n) is 15.0. The molecule has 0 aromatic heterocycles. The summed E-state index contributed by atoms with van der Waals surface area (Å²) in [7, 11) is 0. The lowest BCUT2D eigenvalue weighted by atomic mass is 10.00. The molecule has 1 unspecified atom stereocenters. The highest BCUT2D eigenvalue weighted by Gasteiger charge is 2.15. The predicted molar refractivity (Wildman–Crippen MR) is 103 cm³/mol. The first-order chi connectivity index (χ1) is 11.8. The number of unbranched alkanes of at least 4 members (excludes halogenated alkanes) is 3. The van der Waals surface area contributed by atoms with Gasteiger partial charge in [0.15, 0.2) is 0 Å². The number of rotatable bonds is 8. The standard InChI is InChI=1S/C22H31NO/c1-19-10-9-16-23(18-19)15-6-2-3-7-17-24-22-14-8-12-20-11-4-5-13-21(20)22/h4-5,8,11-14,19H,2-3,6-7,9-10,15-18H2,1H3. The van der Waals surface area contributed by atoms with E-state index >= 15 is 0 Å². The molecule has 0 aliphatic carbocycles. The molecule has 0 spiro atoms.